The molecule has 0 spiro atoms. The molecule has 1 heterocycles. The predicted molar refractivity (Wildman–Crippen MR) is 61.4 cm³/mol. The number of nitrogens with zero attached hydrogens (tertiary/aromatic N) is 1. The summed E-state index contributed by atoms with van der Waals surface area (Å²) in [6, 6.07) is 6.77. The molecule has 0 atom stereocenters. The second-order valence-corrected chi connectivity index (χ2v) is 4.22. The predicted octanol–water partition coefficient (Wildman–Crippen LogP) is 3.46. The van der Waals surface area contributed by atoms with Crippen LogP contribution < -0.4 is 4.90 Å². The first-order valence-electron chi connectivity index (χ1n) is 5.44. The molecule has 1 radical (unpaired) electrons. The molecule has 1 heteroatoms. The highest BCUT2D eigenvalue weighted by Crippen LogP contribution is 2.24. The number of piperidine rings is 1. The molecule has 1 fully saturated rings. The monoisotopic (exact) mass is 188 g/mol. The average Bonchev–Trinajstić information content (AvgIpc) is 2.18. The quantitative estimate of drug-likeness (QED) is 0.652. The van der Waals surface area contributed by atoms with Crippen LogP contribution in [0.25, 0.3) is 0 Å². The molecule has 0 saturated carbocycles. The molecule has 0 aliphatic carbocycles. The number of aryl methyl sites for hydroxylation is 2. The van der Waals surface area contributed by atoms with Gasteiger partial charge in [-0.15, -0.1) is 0 Å². The van der Waals surface area contributed by atoms with Gasteiger partial charge in [-0.2, -0.15) is 0 Å². The number of hydrogen-bond donors (Lipinski definition) is 0. The maximum atomic E-state index is 2.39. The van der Waals surface area contributed by atoms with Crippen molar-refractivity contribution in [2.75, 3.05) is 11.4 Å². The van der Waals surface area contributed by atoms with Crippen molar-refractivity contribution in [1.29, 1.82) is 0 Å². The van der Waals surface area contributed by atoms with Crippen LogP contribution in [-0.4, -0.2) is 6.54 Å². The van der Waals surface area contributed by atoms with Crippen molar-refractivity contribution in [1.82, 2.24) is 0 Å². The van der Waals surface area contributed by atoms with Crippen LogP contribution in [0.15, 0.2) is 18.2 Å². The van der Waals surface area contributed by atoms with E-state index < -0.39 is 0 Å². The van der Waals surface area contributed by atoms with Gasteiger partial charge in [-0.05, 0) is 56.4 Å². The lowest BCUT2D eigenvalue weighted by atomic mass is 10.1. The fourth-order valence-electron chi connectivity index (χ4n) is 2.12. The Labute approximate surface area is 86.7 Å². The molecular weight excluding hydrogens is 170 g/mol. The van der Waals surface area contributed by atoms with Crippen molar-refractivity contribution in [3.63, 3.8) is 0 Å². The number of rotatable bonds is 1. The van der Waals surface area contributed by atoms with Crippen molar-refractivity contribution >= 4 is 5.69 Å². The van der Waals surface area contributed by atoms with Crippen LogP contribution in [0.2, 0.25) is 0 Å². The van der Waals surface area contributed by atoms with Gasteiger partial charge in [0.25, 0.3) is 0 Å². The molecule has 0 N–H and O–H groups in total. The lowest BCUT2D eigenvalue weighted by Crippen LogP contribution is -2.25. The standard InChI is InChI=1S/C13H18N/c1-11-8-12(2)10-13(9-11)14-6-4-3-5-7-14/h6,8-10H,3-5,7H2,1-2H3. The van der Waals surface area contributed by atoms with E-state index in [-0.39, 0.29) is 0 Å². The number of benzene rings is 1. The summed E-state index contributed by atoms with van der Waals surface area (Å²) in [5, 5.41) is 0. The van der Waals surface area contributed by atoms with Crippen molar-refractivity contribution in [3.8, 4) is 0 Å². The smallest absolute Gasteiger partial charge is 0.0493 e. The summed E-state index contributed by atoms with van der Waals surface area (Å²) >= 11 is 0. The minimum atomic E-state index is 1.18. The molecule has 14 heavy (non-hydrogen) atoms. The van der Waals surface area contributed by atoms with Crippen LogP contribution in [0.3, 0.4) is 0 Å². The third-order valence-corrected chi connectivity index (χ3v) is 2.74. The number of anilines is 1. The average molecular weight is 188 g/mol. The Balaban J connectivity index is 2.21. The highest BCUT2D eigenvalue weighted by molar-refractivity contribution is 5.52. The zero-order chi connectivity index (χ0) is 9.97. The summed E-state index contributed by atoms with van der Waals surface area (Å²) in [7, 11) is 0. The molecule has 1 aliphatic heterocycles. The summed E-state index contributed by atoms with van der Waals surface area (Å²) < 4.78 is 0. The molecule has 75 valence electrons. The van der Waals surface area contributed by atoms with Crippen LogP contribution in [0.5, 0.6) is 0 Å². The molecule has 1 aromatic rings. The highest BCUT2D eigenvalue weighted by atomic mass is 15.1. The molecule has 1 saturated heterocycles. The molecule has 1 aromatic carbocycles. The minimum absolute atomic E-state index is 1.18. The van der Waals surface area contributed by atoms with Gasteiger partial charge in [0.1, 0.15) is 0 Å². The highest BCUT2D eigenvalue weighted by Gasteiger charge is 2.11. The van der Waals surface area contributed by atoms with Crippen LogP contribution in [0.4, 0.5) is 5.69 Å². The molecular formula is C13H18N. The molecule has 0 amide bonds. The van der Waals surface area contributed by atoms with E-state index in [4.69, 9.17) is 0 Å². The van der Waals surface area contributed by atoms with Crippen LogP contribution >= 0.6 is 0 Å². The van der Waals surface area contributed by atoms with Crippen molar-refractivity contribution in [3.05, 3.63) is 35.9 Å². The first-order valence-corrected chi connectivity index (χ1v) is 5.44. The van der Waals surface area contributed by atoms with E-state index in [1.165, 1.54) is 42.6 Å². The second-order valence-electron chi connectivity index (χ2n) is 4.22. The lowest BCUT2D eigenvalue weighted by Gasteiger charge is -2.28. The van der Waals surface area contributed by atoms with Crippen molar-refractivity contribution < 1.29 is 0 Å². The topological polar surface area (TPSA) is 3.24 Å². The van der Waals surface area contributed by atoms with Gasteiger partial charge in [0.2, 0.25) is 0 Å². The lowest BCUT2D eigenvalue weighted by molar-refractivity contribution is 0.633. The third kappa shape index (κ3) is 2.09. The summed E-state index contributed by atoms with van der Waals surface area (Å²) in [5.74, 6) is 0. The fourth-order valence-corrected chi connectivity index (χ4v) is 2.12. The van der Waals surface area contributed by atoms with E-state index in [0.29, 0.717) is 0 Å². The third-order valence-electron chi connectivity index (χ3n) is 2.74. The van der Waals surface area contributed by atoms with E-state index in [9.17, 15) is 0 Å². The molecule has 2 rings (SSSR count). The zero-order valence-corrected chi connectivity index (χ0v) is 9.09. The first-order chi connectivity index (χ1) is 6.75. The normalized spacial score (nSPS) is 17.1. The molecule has 1 aliphatic rings. The van der Waals surface area contributed by atoms with Gasteiger partial charge in [-0.3, -0.25) is 0 Å². The van der Waals surface area contributed by atoms with E-state index in [2.05, 4.69) is 43.5 Å². The fraction of sp³-hybridized carbons (Fsp3) is 0.462. The minimum Gasteiger partial charge on any atom is -0.366 e. The van der Waals surface area contributed by atoms with Gasteiger partial charge in [0.05, 0.1) is 0 Å². The summed E-state index contributed by atoms with van der Waals surface area (Å²) in [4.78, 5) is 2.39. The molecule has 0 bridgehead atoms. The van der Waals surface area contributed by atoms with E-state index in [0.717, 1.165) is 0 Å². The van der Waals surface area contributed by atoms with E-state index >= 15 is 0 Å². The number of hydrogen-bond acceptors (Lipinski definition) is 1. The molecule has 0 aromatic heterocycles. The van der Waals surface area contributed by atoms with Gasteiger partial charge in [-0.25, -0.2) is 0 Å². The van der Waals surface area contributed by atoms with Crippen LogP contribution in [0.1, 0.15) is 30.4 Å². The van der Waals surface area contributed by atoms with Gasteiger partial charge >= 0.3 is 0 Å². The maximum absolute atomic E-state index is 2.39. The van der Waals surface area contributed by atoms with Gasteiger partial charge in [0, 0.05) is 18.8 Å². The summed E-state index contributed by atoms with van der Waals surface area (Å²) in [6.45, 7) is 7.85. The Hall–Kier alpha value is -0.980. The van der Waals surface area contributed by atoms with Crippen LogP contribution in [0, 0.1) is 20.4 Å². The summed E-state index contributed by atoms with van der Waals surface area (Å²) in [5.41, 5.74) is 4.08. The zero-order valence-electron chi connectivity index (χ0n) is 9.09. The Morgan fingerprint density at radius 2 is 1.71 bits per heavy atom. The summed E-state index contributed by atoms with van der Waals surface area (Å²) in [6.07, 6.45) is 3.90. The Morgan fingerprint density at radius 3 is 2.29 bits per heavy atom. The van der Waals surface area contributed by atoms with Crippen molar-refractivity contribution in [2.24, 2.45) is 0 Å². The first kappa shape index (κ1) is 9.57. The maximum Gasteiger partial charge on any atom is 0.0493 e. The largest absolute Gasteiger partial charge is 0.366 e. The Kier molecular flexibility index (Phi) is 2.76. The Morgan fingerprint density at radius 1 is 1.00 bits per heavy atom. The van der Waals surface area contributed by atoms with E-state index in [1.54, 1.807) is 0 Å². The SMILES string of the molecule is Cc1cc(C)cc(N2[CH]CCCC2)c1. The van der Waals surface area contributed by atoms with Crippen LogP contribution in [-0.2, 0) is 0 Å². The van der Waals surface area contributed by atoms with Gasteiger partial charge < -0.3 is 4.90 Å². The van der Waals surface area contributed by atoms with Gasteiger partial charge in [0.15, 0.2) is 0 Å². The second kappa shape index (κ2) is 4.04. The van der Waals surface area contributed by atoms with Gasteiger partial charge in [-0.1, -0.05) is 6.07 Å². The van der Waals surface area contributed by atoms with Crippen molar-refractivity contribution in [2.45, 2.75) is 33.1 Å². The van der Waals surface area contributed by atoms with E-state index in [1.807, 2.05) is 0 Å². The molecule has 0 unspecified atom stereocenters. The Bertz CT molecular complexity index is 291. The molecule has 1 nitrogen and oxygen atoms in total.